The lowest BCUT2D eigenvalue weighted by Gasteiger charge is -2.09. The van der Waals surface area contributed by atoms with E-state index in [1.807, 2.05) is 12.1 Å². The Bertz CT molecular complexity index is 273. The second kappa shape index (κ2) is 4.28. The van der Waals surface area contributed by atoms with Crippen LogP contribution < -0.4 is 0 Å². The van der Waals surface area contributed by atoms with Gasteiger partial charge in [0.25, 0.3) is 0 Å². The van der Waals surface area contributed by atoms with E-state index in [2.05, 4.69) is 38.8 Å². The molecule has 0 aromatic heterocycles. The van der Waals surface area contributed by atoms with E-state index < -0.39 is 0 Å². The summed E-state index contributed by atoms with van der Waals surface area (Å²) in [5.41, 5.74) is 0.937. The zero-order valence-electron chi connectivity index (χ0n) is 6.72. The van der Waals surface area contributed by atoms with Crippen LogP contribution in [0.2, 0.25) is 0 Å². The molecular weight excluding hydrogens is 284 g/mol. The van der Waals surface area contributed by atoms with E-state index in [0.29, 0.717) is 5.75 Å². The van der Waals surface area contributed by atoms with Gasteiger partial charge in [0.05, 0.1) is 0 Å². The first-order valence-electron chi connectivity index (χ1n) is 3.77. The molecule has 0 bridgehead atoms. The molecule has 0 fully saturated rings. The fraction of sp³-hybridized carbons (Fsp3) is 0.333. The van der Waals surface area contributed by atoms with Gasteiger partial charge < -0.3 is 5.11 Å². The standard InChI is InChI=1S/C9H10Br2O/c1-2-8(11)7-5-6(10)3-4-9(7)12/h3-5,8,12H,2H2,1H3. The summed E-state index contributed by atoms with van der Waals surface area (Å²) in [6.45, 7) is 2.07. The van der Waals surface area contributed by atoms with Gasteiger partial charge in [0.1, 0.15) is 5.75 Å². The molecule has 0 aliphatic heterocycles. The number of alkyl halides is 1. The maximum atomic E-state index is 9.49. The van der Waals surface area contributed by atoms with Crippen LogP contribution in [0.5, 0.6) is 5.75 Å². The summed E-state index contributed by atoms with van der Waals surface area (Å²) in [7, 11) is 0. The molecule has 0 amide bonds. The number of phenols is 1. The number of rotatable bonds is 2. The smallest absolute Gasteiger partial charge is 0.119 e. The van der Waals surface area contributed by atoms with E-state index in [4.69, 9.17) is 0 Å². The Hall–Kier alpha value is -0.0200. The molecule has 1 nitrogen and oxygen atoms in total. The maximum absolute atomic E-state index is 9.49. The summed E-state index contributed by atoms with van der Waals surface area (Å²) >= 11 is 6.85. The maximum Gasteiger partial charge on any atom is 0.119 e. The normalized spacial score (nSPS) is 12.9. The molecule has 3 heteroatoms. The molecule has 0 aliphatic carbocycles. The van der Waals surface area contributed by atoms with Gasteiger partial charge in [0.15, 0.2) is 0 Å². The van der Waals surface area contributed by atoms with Gasteiger partial charge in [-0.05, 0) is 24.6 Å². The summed E-state index contributed by atoms with van der Waals surface area (Å²) in [6, 6.07) is 5.45. The summed E-state index contributed by atoms with van der Waals surface area (Å²) in [5.74, 6) is 0.349. The third-order valence-electron chi connectivity index (χ3n) is 1.69. The monoisotopic (exact) mass is 292 g/mol. The van der Waals surface area contributed by atoms with Crippen molar-refractivity contribution in [2.24, 2.45) is 0 Å². The van der Waals surface area contributed by atoms with Gasteiger partial charge >= 0.3 is 0 Å². The van der Waals surface area contributed by atoms with Crippen molar-refractivity contribution in [1.29, 1.82) is 0 Å². The molecule has 0 spiro atoms. The molecule has 0 aliphatic rings. The first-order chi connectivity index (χ1) is 5.65. The number of aromatic hydroxyl groups is 1. The Morgan fingerprint density at radius 2 is 2.17 bits per heavy atom. The van der Waals surface area contributed by atoms with Crippen molar-refractivity contribution in [2.45, 2.75) is 18.2 Å². The summed E-state index contributed by atoms with van der Waals surface area (Å²) in [5, 5.41) is 9.49. The zero-order valence-corrected chi connectivity index (χ0v) is 9.89. The van der Waals surface area contributed by atoms with E-state index in [9.17, 15) is 5.11 Å². The van der Waals surface area contributed by atoms with Crippen LogP contribution >= 0.6 is 31.9 Å². The van der Waals surface area contributed by atoms with Crippen molar-refractivity contribution < 1.29 is 5.11 Å². The van der Waals surface area contributed by atoms with Crippen LogP contribution in [-0.2, 0) is 0 Å². The molecule has 1 aromatic rings. The number of hydrogen-bond donors (Lipinski definition) is 1. The fourth-order valence-electron chi connectivity index (χ4n) is 0.996. The highest BCUT2D eigenvalue weighted by Crippen LogP contribution is 2.34. The average molecular weight is 294 g/mol. The highest BCUT2D eigenvalue weighted by Gasteiger charge is 2.09. The number of halogens is 2. The minimum absolute atomic E-state index is 0.231. The predicted octanol–water partition coefficient (Wildman–Crippen LogP) is 4.00. The van der Waals surface area contributed by atoms with Gasteiger partial charge in [-0.15, -0.1) is 0 Å². The van der Waals surface area contributed by atoms with Gasteiger partial charge in [0.2, 0.25) is 0 Å². The molecule has 0 saturated carbocycles. The predicted molar refractivity (Wildman–Crippen MR) is 57.8 cm³/mol. The largest absolute Gasteiger partial charge is 0.508 e. The lowest BCUT2D eigenvalue weighted by atomic mass is 10.1. The Balaban J connectivity index is 3.04. The van der Waals surface area contributed by atoms with Crippen molar-refractivity contribution in [3.63, 3.8) is 0 Å². The Kier molecular flexibility index (Phi) is 3.59. The Morgan fingerprint density at radius 1 is 1.50 bits per heavy atom. The highest BCUT2D eigenvalue weighted by molar-refractivity contribution is 9.10. The summed E-state index contributed by atoms with van der Waals surface area (Å²) in [6.07, 6.45) is 0.962. The number of hydrogen-bond acceptors (Lipinski definition) is 1. The van der Waals surface area contributed by atoms with Crippen LogP contribution in [0.3, 0.4) is 0 Å². The summed E-state index contributed by atoms with van der Waals surface area (Å²) < 4.78 is 0.994. The van der Waals surface area contributed by atoms with Crippen LogP contribution in [0.4, 0.5) is 0 Å². The first-order valence-corrected chi connectivity index (χ1v) is 5.48. The quantitative estimate of drug-likeness (QED) is 0.817. The molecule has 1 unspecified atom stereocenters. The molecule has 12 heavy (non-hydrogen) atoms. The van der Waals surface area contributed by atoms with E-state index in [-0.39, 0.29) is 4.83 Å². The van der Waals surface area contributed by atoms with Crippen LogP contribution in [0.15, 0.2) is 22.7 Å². The molecule has 0 saturated heterocycles. The number of phenolic OH excluding ortho intramolecular Hbond substituents is 1. The van der Waals surface area contributed by atoms with Crippen molar-refractivity contribution in [2.75, 3.05) is 0 Å². The molecule has 0 heterocycles. The van der Waals surface area contributed by atoms with Crippen LogP contribution in [0.1, 0.15) is 23.7 Å². The van der Waals surface area contributed by atoms with Gasteiger partial charge in [-0.2, -0.15) is 0 Å². The van der Waals surface area contributed by atoms with Gasteiger partial charge in [-0.25, -0.2) is 0 Å². The van der Waals surface area contributed by atoms with Crippen LogP contribution in [0, 0.1) is 0 Å². The SMILES string of the molecule is CCC(Br)c1cc(Br)ccc1O. The lowest BCUT2D eigenvalue weighted by molar-refractivity contribution is 0.467. The fourth-order valence-corrected chi connectivity index (χ4v) is 1.74. The van der Waals surface area contributed by atoms with E-state index in [1.54, 1.807) is 6.07 Å². The molecular formula is C9H10Br2O. The second-order valence-corrected chi connectivity index (χ2v) is 4.60. The van der Waals surface area contributed by atoms with Crippen molar-refractivity contribution in [1.82, 2.24) is 0 Å². The van der Waals surface area contributed by atoms with Gasteiger partial charge in [-0.1, -0.05) is 38.8 Å². The van der Waals surface area contributed by atoms with Crippen molar-refractivity contribution >= 4 is 31.9 Å². The summed E-state index contributed by atoms with van der Waals surface area (Å²) in [4.78, 5) is 0.231. The molecule has 66 valence electrons. The lowest BCUT2D eigenvalue weighted by Crippen LogP contribution is -1.88. The van der Waals surface area contributed by atoms with Gasteiger partial charge in [-0.3, -0.25) is 0 Å². The number of benzene rings is 1. The van der Waals surface area contributed by atoms with Gasteiger partial charge in [0, 0.05) is 14.9 Å². The molecule has 1 aromatic carbocycles. The van der Waals surface area contributed by atoms with E-state index in [1.165, 1.54) is 0 Å². The Labute approximate surface area is 89.1 Å². The third-order valence-corrected chi connectivity index (χ3v) is 3.32. The average Bonchev–Trinajstić information content (AvgIpc) is 2.08. The van der Waals surface area contributed by atoms with Crippen molar-refractivity contribution in [3.05, 3.63) is 28.2 Å². The minimum Gasteiger partial charge on any atom is -0.508 e. The first kappa shape index (κ1) is 10.1. The molecule has 1 atom stereocenters. The molecule has 1 N–H and O–H groups in total. The molecule has 0 radical (unpaired) electrons. The van der Waals surface area contributed by atoms with Crippen molar-refractivity contribution in [3.8, 4) is 5.75 Å². The zero-order chi connectivity index (χ0) is 9.14. The van der Waals surface area contributed by atoms with E-state index in [0.717, 1.165) is 16.5 Å². The third kappa shape index (κ3) is 2.23. The van der Waals surface area contributed by atoms with Crippen LogP contribution in [-0.4, -0.2) is 5.11 Å². The Morgan fingerprint density at radius 3 is 2.75 bits per heavy atom. The van der Waals surface area contributed by atoms with E-state index >= 15 is 0 Å². The minimum atomic E-state index is 0.231. The van der Waals surface area contributed by atoms with Crippen LogP contribution in [0.25, 0.3) is 0 Å². The second-order valence-electron chi connectivity index (χ2n) is 2.58. The molecule has 1 rings (SSSR count). The topological polar surface area (TPSA) is 20.2 Å². The highest BCUT2D eigenvalue weighted by atomic mass is 79.9.